The quantitative estimate of drug-likeness (QED) is 0.815. The summed E-state index contributed by atoms with van der Waals surface area (Å²) in [5, 5.41) is 12.3. The Hall–Kier alpha value is -1.76. The highest BCUT2D eigenvalue weighted by atomic mass is 15.4. The van der Waals surface area contributed by atoms with Gasteiger partial charge in [-0.05, 0) is 12.8 Å². The molecule has 0 amide bonds. The highest BCUT2D eigenvalue weighted by Crippen LogP contribution is 2.09. The van der Waals surface area contributed by atoms with Gasteiger partial charge in [-0.2, -0.15) is 5.10 Å². The Kier molecular flexibility index (Phi) is 4.03. The van der Waals surface area contributed by atoms with Crippen molar-refractivity contribution in [2.24, 2.45) is 5.73 Å². The molecule has 2 aromatic heterocycles. The Morgan fingerprint density at radius 2 is 2.22 bits per heavy atom. The van der Waals surface area contributed by atoms with Crippen LogP contribution in [0.1, 0.15) is 44.2 Å². The zero-order valence-electron chi connectivity index (χ0n) is 10.8. The van der Waals surface area contributed by atoms with Crippen LogP contribution in [-0.2, 0) is 13.1 Å². The fourth-order valence-corrected chi connectivity index (χ4v) is 1.72. The number of hydrogen-bond donors (Lipinski definition) is 1. The van der Waals surface area contributed by atoms with Crippen LogP contribution in [0.25, 0.3) is 0 Å². The van der Waals surface area contributed by atoms with Crippen molar-refractivity contribution in [3.63, 3.8) is 0 Å². The van der Waals surface area contributed by atoms with Crippen molar-refractivity contribution in [1.82, 2.24) is 29.8 Å². The van der Waals surface area contributed by atoms with E-state index >= 15 is 0 Å². The van der Waals surface area contributed by atoms with Crippen LogP contribution in [0.3, 0.4) is 0 Å². The predicted molar refractivity (Wildman–Crippen MR) is 66.7 cm³/mol. The van der Waals surface area contributed by atoms with Crippen molar-refractivity contribution in [3.8, 4) is 0 Å². The Morgan fingerprint density at radius 3 is 2.94 bits per heavy atom. The summed E-state index contributed by atoms with van der Waals surface area (Å²) in [5.74, 6) is 0.887. The fraction of sp³-hybridized carbons (Fsp3) is 0.636. The molecule has 1 unspecified atom stereocenters. The van der Waals surface area contributed by atoms with Crippen LogP contribution in [-0.4, -0.2) is 29.8 Å². The molecule has 0 radical (unpaired) electrons. The second-order valence-electron chi connectivity index (χ2n) is 4.26. The lowest BCUT2D eigenvalue weighted by atomic mass is 10.2. The van der Waals surface area contributed by atoms with E-state index in [2.05, 4.69) is 27.3 Å². The van der Waals surface area contributed by atoms with Crippen LogP contribution in [0, 0.1) is 0 Å². The van der Waals surface area contributed by atoms with Gasteiger partial charge >= 0.3 is 0 Å². The summed E-state index contributed by atoms with van der Waals surface area (Å²) in [7, 11) is 0. The van der Waals surface area contributed by atoms with E-state index in [1.54, 1.807) is 11.0 Å². The van der Waals surface area contributed by atoms with Crippen molar-refractivity contribution < 1.29 is 0 Å². The second-order valence-corrected chi connectivity index (χ2v) is 4.26. The molecule has 1 atom stereocenters. The average Bonchev–Trinajstić information content (AvgIpc) is 3.00. The average molecular weight is 249 g/mol. The van der Waals surface area contributed by atoms with E-state index in [4.69, 9.17) is 5.73 Å². The number of aryl methyl sites for hydroxylation is 1. The molecule has 2 aromatic rings. The molecular formula is C11H19N7. The number of nitrogens with two attached hydrogens (primary N) is 1. The van der Waals surface area contributed by atoms with E-state index in [9.17, 15) is 0 Å². The van der Waals surface area contributed by atoms with Gasteiger partial charge in [0, 0.05) is 6.54 Å². The third-order valence-electron chi connectivity index (χ3n) is 2.81. The van der Waals surface area contributed by atoms with Crippen LogP contribution in [0.4, 0.5) is 0 Å². The van der Waals surface area contributed by atoms with Gasteiger partial charge in [-0.3, -0.25) is 0 Å². The fourth-order valence-electron chi connectivity index (χ4n) is 1.72. The minimum atomic E-state index is -0.0488. The molecule has 7 nitrogen and oxygen atoms in total. The van der Waals surface area contributed by atoms with Gasteiger partial charge in [0.2, 0.25) is 0 Å². The molecule has 2 heterocycles. The molecular weight excluding hydrogens is 230 g/mol. The van der Waals surface area contributed by atoms with E-state index in [0.29, 0.717) is 6.54 Å². The Balaban J connectivity index is 2.09. The SMILES string of the molecule is CCCn1ncnc1Cn1cc(C(N)CC)nn1. The smallest absolute Gasteiger partial charge is 0.148 e. The summed E-state index contributed by atoms with van der Waals surface area (Å²) < 4.78 is 3.64. The first-order valence-electron chi connectivity index (χ1n) is 6.26. The maximum atomic E-state index is 5.91. The molecule has 0 saturated carbocycles. The summed E-state index contributed by atoms with van der Waals surface area (Å²) in [6.07, 6.45) is 5.32. The van der Waals surface area contributed by atoms with Gasteiger partial charge < -0.3 is 5.73 Å². The molecule has 18 heavy (non-hydrogen) atoms. The minimum Gasteiger partial charge on any atom is -0.323 e. The summed E-state index contributed by atoms with van der Waals surface area (Å²) in [6, 6.07) is -0.0488. The van der Waals surface area contributed by atoms with Crippen molar-refractivity contribution in [2.75, 3.05) is 0 Å². The summed E-state index contributed by atoms with van der Waals surface area (Å²) in [6.45, 7) is 5.58. The molecule has 98 valence electrons. The maximum absolute atomic E-state index is 5.91. The maximum Gasteiger partial charge on any atom is 0.148 e. The lowest BCUT2D eigenvalue weighted by Gasteiger charge is -2.04. The number of hydrogen-bond acceptors (Lipinski definition) is 5. The summed E-state index contributed by atoms with van der Waals surface area (Å²) >= 11 is 0. The molecule has 0 aliphatic rings. The number of aromatic nitrogens is 6. The van der Waals surface area contributed by atoms with Gasteiger partial charge in [0.25, 0.3) is 0 Å². The van der Waals surface area contributed by atoms with Crippen LogP contribution < -0.4 is 5.73 Å². The third kappa shape index (κ3) is 2.73. The largest absolute Gasteiger partial charge is 0.323 e. The van der Waals surface area contributed by atoms with Crippen LogP contribution >= 0.6 is 0 Å². The minimum absolute atomic E-state index is 0.0488. The van der Waals surface area contributed by atoms with E-state index in [-0.39, 0.29) is 6.04 Å². The van der Waals surface area contributed by atoms with Crippen molar-refractivity contribution in [2.45, 2.75) is 45.8 Å². The zero-order valence-corrected chi connectivity index (χ0v) is 10.8. The molecule has 7 heteroatoms. The molecule has 0 fully saturated rings. The normalized spacial score (nSPS) is 12.8. The highest BCUT2D eigenvalue weighted by Gasteiger charge is 2.10. The molecule has 0 aliphatic carbocycles. The van der Waals surface area contributed by atoms with E-state index in [1.165, 1.54) is 0 Å². The monoisotopic (exact) mass is 249 g/mol. The third-order valence-corrected chi connectivity index (χ3v) is 2.81. The molecule has 0 bridgehead atoms. The molecule has 0 saturated heterocycles. The Bertz CT molecular complexity index is 487. The summed E-state index contributed by atoms with van der Waals surface area (Å²) in [4.78, 5) is 4.24. The van der Waals surface area contributed by atoms with Crippen LogP contribution in [0.2, 0.25) is 0 Å². The second kappa shape index (κ2) is 5.72. The number of nitrogens with zero attached hydrogens (tertiary/aromatic N) is 6. The van der Waals surface area contributed by atoms with Gasteiger partial charge in [-0.15, -0.1) is 5.10 Å². The predicted octanol–water partition coefficient (Wildman–Crippen LogP) is 0.738. The van der Waals surface area contributed by atoms with E-state index < -0.39 is 0 Å². The van der Waals surface area contributed by atoms with Gasteiger partial charge in [-0.25, -0.2) is 14.3 Å². The van der Waals surface area contributed by atoms with Gasteiger partial charge in [0.1, 0.15) is 18.7 Å². The standard InChI is InChI=1S/C11H19N7/c1-3-5-18-11(13-8-14-18)7-17-6-10(15-16-17)9(12)4-2/h6,8-9H,3-5,7,12H2,1-2H3. The lowest BCUT2D eigenvalue weighted by Crippen LogP contribution is -2.11. The molecule has 0 spiro atoms. The van der Waals surface area contributed by atoms with Crippen molar-refractivity contribution >= 4 is 0 Å². The molecule has 2 N–H and O–H groups in total. The van der Waals surface area contributed by atoms with Crippen molar-refractivity contribution in [1.29, 1.82) is 0 Å². The van der Waals surface area contributed by atoms with Gasteiger partial charge in [0.05, 0.1) is 17.9 Å². The zero-order chi connectivity index (χ0) is 13.0. The lowest BCUT2D eigenvalue weighted by molar-refractivity contribution is 0.532. The topological polar surface area (TPSA) is 87.4 Å². The summed E-state index contributed by atoms with van der Waals surface area (Å²) in [5.41, 5.74) is 6.73. The van der Waals surface area contributed by atoms with Gasteiger partial charge in [-0.1, -0.05) is 19.1 Å². The molecule has 0 aliphatic heterocycles. The highest BCUT2D eigenvalue weighted by molar-refractivity contribution is 5.00. The van der Waals surface area contributed by atoms with Crippen LogP contribution in [0.15, 0.2) is 12.5 Å². The first-order chi connectivity index (χ1) is 8.74. The first kappa shape index (κ1) is 12.7. The first-order valence-corrected chi connectivity index (χ1v) is 6.26. The Morgan fingerprint density at radius 1 is 1.39 bits per heavy atom. The number of rotatable bonds is 6. The molecule has 0 aromatic carbocycles. The Labute approximate surface area is 106 Å². The van der Waals surface area contributed by atoms with Gasteiger partial charge in [0.15, 0.2) is 0 Å². The molecule has 2 rings (SSSR count). The van der Waals surface area contributed by atoms with E-state index in [0.717, 1.165) is 30.9 Å². The van der Waals surface area contributed by atoms with E-state index in [1.807, 2.05) is 17.8 Å². The van der Waals surface area contributed by atoms with Crippen LogP contribution in [0.5, 0.6) is 0 Å². The van der Waals surface area contributed by atoms with Crippen molar-refractivity contribution in [3.05, 3.63) is 24.0 Å².